The molecule has 0 radical (unpaired) electrons. The van der Waals surface area contributed by atoms with Crippen LogP contribution in [0.1, 0.15) is 21.6 Å². The van der Waals surface area contributed by atoms with Crippen molar-refractivity contribution in [2.24, 2.45) is 0 Å². The van der Waals surface area contributed by atoms with Crippen molar-refractivity contribution < 1.29 is 14.3 Å². The lowest BCUT2D eigenvalue weighted by molar-refractivity contribution is 0.0699. The molecule has 0 aliphatic heterocycles. The summed E-state index contributed by atoms with van der Waals surface area (Å²) >= 11 is 0. The van der Waals surface area contributed by atoms with Crippen molar-refractivity contribution in [2.45, 2.75) is 13.5 Å². The molecular formula is C22H21FN6O2. The van der Waals surface area contributed by atoms with Crippen LogP contribution >= 0.6 is 0 Å². The van der Waals surface area contributed by atoms with E-state index in [1.54, 1.807) is 33.7 Å². The van der Waals surface area contributed by atoms with E-state index in [4.69, 9.17) is 0 Å². The van der Waals surface area contributed by atoms with Gasteiger partial charge in [-0.1, -0.05) is 18.2 Å². The zero-order chi connectivity index (χ0) is 22.1. The van der Waals surface area contributed by atoms with Crippen LogP contribution in [0.4, 0.5) is 16.0 Å². The Morgan fingerprint density at radius 1 is 1.16 bits per heavy atom. The summed E-state index contributed by atoms with van der Waals surface area (Å²) in [6, 6.07) is 13.2. The molecule has 0 fully saturated rings. The highest BCUT2D eigenvalue weighted by Crippen LogP contribution is 2.27. The van der Waals surface area contributed by atoms with Crippen LogP contribution in [0.2, 0.25) is 0 Å². The summed E-state index contributed by atoms with van der Waals surface area (Å²) in [4.78, 5) is 18.0. The monoisotopic (exact) mass is 420 g/mol. The largest absolute Gasteiger partial charge is 0.478 e. The molecule has 158 valence electrons. The van der Waals surface area contributed by atoms with Crippen molar-refractivity contribution in [3.05, 3.63) is 71.2 Å². The zero-order valence-corrected chi connectivity index (χ0v) is 17.3. The van der Waals surface area contributed by atoms with Crippen LogP contribution in [0.5, 0.6) is 0 Å². The Morgan fingerprint density at radius 3 is 2.65 bits per heavy atom. The first-order valence-electron chi connectivity index (χ1n) is 9.60. The summed E-state index contributed by atoms with van der Waals surface area (Å²) < 4.78 is 15.3. The number of hydrogen-bond donors (Lipinski definition) is 2. The first-order chi connectivity index (χ1) is 14.8. The maximum atomic E-state index is 13.5. The molecule has 2 aromatic carbocycles. The molecule has 2 N–H and O–H groups in total. The highest BCUT2D eigenvalue weighted by molar-refractivity contribution is 6.03. The summed E-state index contributed by atoms with van der Waals surface area (Å²) in [5.74, 6) is 0.0114. The van der Waals surface area contributed by atoms with E-state index in [1.165, 1.54) is 12.1 Å². The van der Waals surface area contributed by atoms with Gasteiger partial charge in [0.2, 0.25) is 0 Å². The minimum absolute atomic E-state index is 0.210. The smallest absolute Gasteiger partial charge is 0.336 e. The number of carboxylic acids is 1. The molecule has 0 saturated heterocycles. The molecule has 0 amide bonds. The van der Waals surface area contributed by atoms with Gasteiger partial charge in [0.15, 0.2) is 11.6 Å². The molecule has 8 nitrogen and oxygen atoms in total. The third-order valence-corrected chi connectivity index (χ3v) is 4.89. The fourth-order valence-electron chi connectivity index (χ4n) is 3.47. The summed E-state index contributed by atoms with van der Waals surface area (Å²) in [6.07, 6.45) is 0. The Hall–Kier alpha value is -4.01. The van der Waals surface area contributed by atoms with Gasteiger partial charge in [-0.05, 0) is 42.8 Å². The van der Waals surface area contributed by atoms with Gasteiger partial charge in [-0.15, -0.1) is 10.2 Å². The predicted octanol–water partition coefficient (Wildman–Crippen LogP) is 3.64. The molecule has 4 aromatic rings. The normalized spacial score (nSPS) is 11.0. The number of halogens is 1. The van der Waals surface area contributed by atoms with Gasteiger partial charge in [-0.3, -0.25) is 4.57 Å². The van der Waals surface area contributed by atoms with Crippen LogP contribution in [-0.2, 0) is 6.54 Å². The quantitative estimate of drug-likeness (QED) is 0.492. The summed E-state index contributed by atoms with van der Waals surface area (Å²) in [7, 11) is 3.66. The number of aromatic carboxylic acids is 1. The maximum Gasteiger partial charge on any atom is 0.336 e. The highest BCUT2D eigenvalue weighted by atomic mass is 19.1. The van der Waals surface area contributed by atoms with Gasteiger partial charge in [0, 0.05) is 31.7 Å². The Morgan fingerprint density at radius 2 is 1.94 bits per heavy atom. The summed E-state index contributed by atoms with van der Waals surface area (Å²) in [5.41, 5.74) is 2.42. The number of aryl methyl sites for hydroxylation is 1. The Balaban J connectivity index is 1.78. The Labute approximate surface area is 178 Å². The van der Waals surface area contributed by atoms with Crippen LogP contribution in [0, 0.1) is 12.7 Å². The van der Waals surface area contributed by atoms with Crippen LogP contribution in [0.25, 0.3) is 16.9 Å². The van der Waals surface area contributed by atoms with Gasteiger partial charge >= 0.3 is 5.97 Å². The number of fused-ring (bicyclic) bond motifs is 1. The highest BCUT2D eigenvalue weighted by Gasteiger charge is 2.18. The molecule has 0 saturated carbocycles. The second kappa shape index (κ2) is 8.02. The molecule has 0 aliphatic rings. The van der Waals surface area contributed by atoms with Gasteiger partial charge in [-0.25, -0.2) is 9.18 Å². The van der Waals surface area contributed by atoms with Gasteiger partial charge in [0.25, 0.3) is 5.95 Å². The number of carbonyl (C=O) groups is 1. The van der Waals surface area contributed by atoms with Gasteiger partial charge in [-0.2, -0.15) is 4.98 Å². The lowest BCUT2D eigenvalue weighted by Gasteiger charge is -2.17. The average Bonchev–Trinajstić information content (AvgIpc) is 3.07. The number of carboxylic acid groups (broad SMARTS) is 1. The van der Waals surface area contributed by atoms with E-state index in [-0.39, 0.29) is 11.4 Å². The Kier molecular flexibility index (Phi) is 5.24. The van der Waals surface area contributed by atoms with Crippen LogP contribution in [0.15, 0.2) is 48.5 Å². The average molecular weight is 420 g/mol. The number of hydrogen-bond acceptors (Lipinski definition) is 6. The van der Waals surface area contributed by atoms with Gasteiger partial charge < -0.3 is 15.3 Å². The molecule has 0 unspecified atom stereocenters. The number of anilines is 2. The lowest BCUT2D eigenvalue weighted by atomic mass is 10.1. The molecule has 0 aliphatic carbocycles. The molecule has 2 heterocycles. The third kappa shape index (κ3) is 3.89. The molecule has 4 rings (SSSR count). The zero-order valence-electron chi connectivity index (χ0n) is 17.3. The molecule has 0 spiro atoms. The van der Waals surface area contributed by atoms with Crippen molar-refractivity contribution >= 4 is 28.5 Å². The summed E-state index contributed by atoms with van der Waals surface area (Å²) in [6.45, 7) is 2.21. The number of aromatic nitrogens is 4. The fraction of sp³-hybridized carbons (Fsp3) is 0.182. The van der Waals surface area contributed by atoms with Crippen molar-refractivity contribution in [3.63, 3.8) is 0 Å². The van der Waals surface area contributed by atoms with Crippen molar-refractivity contribution in [2.75, 3.05) is 24.3 Å². The minimum Gasteiger partial charge on any atom is -0.478 e. The first kappa shape index (κ1) is 20.3. The lowest BCUT2D eigenvalue weighted by Crippen LogP contribution is -2.18. The fourth-order valence-corrected chi connectivity index (χ4v) is 3.47. The van der Waals surface area contributed by atoms with E-state index in [0.717, 1.165) is 11.3 Å². The van der Waals surface area contributed by atoms with Gasteiger partial charge in [0.1, 0.15) is 5.82 Å². The molecule has 2 aromatic heterocycles. The molecule has 0 atom stereocenters. The Bertz CT molecular complexity index is 1280. The number of benzene rings is 2. The molecule has 31 heavy (non-hydrogen) atoms. The standard InChI is InChI=1S/C22H21FN6O2/c1-13-10-17-16(21(30)31)8-5-9-18(17)29(13)22-25-19(20(26-27-22)28(2)3)24-12-14-6-4-7-15(23)11-14/h4-11H,12H2,1-3H3,(H,30,31)(H,24,25,27). The number of nitrogens with zero attached hydrogens (tertiary/aromatic N) is 5. The maximum absolute atomic E-state index is 13.5. The van der Waals surface area contributed by atoms with E-state index in [0.29, 0.717) is 35.0 Å². The third-order valence-electron chi connectivity index (χ3n) is 4.89. The number of rotatable bonds is 6. The minimum atomic E-state index is -0.998. The van der Waals surface area contributed by atoms with Crippen molar-refractivity contribution in [3.8, 4) is 5.95 Å². The topological polar surface area (TPSA) is 96.2 Å². The second-order valence-corrected chi connectivity index (χ2v) is 7.33. The van der Waals surface area contributed by atoms with E-state index in [9.17, 15) is 14.3 Å². The van der Waals surface area contributed by atoms with Gasteiger partial charge in [0.05, 0.1) is 11.1 Å². The van der Waals surface area contributed by atoms with E-state index in [1.807, 2.05) is 33.2 Å². The van der Waals surface area contributed by atoms with E-state index in [2.05, 4.69) is 20.5 Å². The van der Waals surface area contributed by atoms with Crippen LogP contribution < -0.4 is 10.2 Å². The SMILES string of the molecule is Cc1cc2c(C(=O)O)cccc2n1-c1nnc(N(C)C)c(NCc2cccc(F)c2)n1. The van der Waals surface area contributed by atoms with E-state index >= 15 is 0 Å². The van der Waals surface area contributed by atoms with Crippen LogP contribution in [-0.4, -0.2) is 44.9 Å². The molecule has 9 heteroatoms. The van der Waals surface area contributed by atoms with Crippen molar-refractivity contribution in [1.82, 2.24) is 19.7 Å². The predicted molar refractivity (Wildman–Crippen MR) is 116 cm³/mol. The van der Waals surface area contributed by atoms with Crippen molar-refractivity contribution in [1.29, 1.82) is 0 Å². The first-order valence-corrected chi connectivity index (χ1v) is 9.60. The van der Waals surface area contributed by atoms with Crippen LogP contribution in [0.3, 0.4) is 0 Å². The number of nitrogens with one attached hydrogen (secondary N) is 1. The van der Waals surface area contributed by atoms with E-state index < -0.39 is 5.97 Å². The molecule has 0 bridgehead atoms. The summed E-state index contributed by atoms with van der Waals surface area (Å²) in [5, 5.41) is 21.9. The molecular weight excluding hydrogens is 399 g/mol. The second-order valence-electron chi connectivity index (χ2n) is 7.33.